The number of nitrogens with two attached hydrogens (primary N) is 1. The molecular formula is C15H19N2O4. The van der Waals surface area contributed by atoms with Crippen molar-refractivity contribution >= 4 is 18.3 Å². The van der Waals surface area contributed by atoms with E-state index >= 15 is 0 Å². The molecule has 2 amide bonds. The molecule has 0 bridgehead atoms. The van der Waals surface area contributed by atoms with Crippen LogP contribution in [-0.2, 0) is 20.7 Å². The van der Waals surface area contributed by atoms with Gasteiger partial charge in [0.05, 0.1) is 12.6 Å². The summed E-state index contributed by atoms with van der Waals surface area (Å²) in [5.41, 5.74) is 6.05. The van der Waals surface area contributed by atoms with Crippen molar-refractivity contribution in [3.8, 4) is 0 Å². The number of rotatable bonds is 9. The maximum atomic E-state index is 11.5. The Morgan fingerprint density at radius 2 is 2.00 bits per heavy atom. The van der Waals surface area contributed by atoms with Gasteiger partial charge in [0.15, 0.2) is 0 Å². The van der Waals surface area contributed by atoms with Gasteiger partial charge in [-0.1, -0.05) is 30.3 Å². The zero-order valence-electron chi connectivity index (χ0n) is 11.7. The van der Waals surface area contributed by atoms with Gasteiger partial charge in [0, 0.05) is 12.8 Å². The summed E-state index contributed by atoms with van der Waals surface area (Å²) in [5, 5.41) is 2.39. The topological polar surface area (TPSA) is 98.5 Å². The number of primary amides is 1. The average molecular weight is 291 g/mol. The Kier molecular flexibility index (Phi) is 7.56. The highest BCUT2D eigenvalue weighted by atomic mass is 16.5. The number of carbonyl (C=O) groups excluding carboxylic acids is 3. The summed E-state index contributed by atoms with van der Waals surface area (Å²) in [6, 6.07) is 8.82. The molecule has 3 N–H and O–H groups in total. The minimum absolute atomic E-state index is 0.170. The van der Waals surface area contributed by atoms with E-state index in [0.29, 0.717) is 19.3 Å². The van der Waals surface area contributed by atoms with E-state index < -0.39 is 18.0 Å². The Morgan fingerprint density at radius 1 is 1.29 bits per heavy atom. The Morgan fingerprint density at radius 3 is 2.62 bits per heavy atom. The number of carbonyl (C=O) groups is 2. The van der Waals surface area contributed by atoms with Crippen LogP contribution in [0, 0.1) is 0 Å². The average Bonchev–Trinajstić information content (AvgIpc) is 2.47. The van der Waals surface area contributed by atoms with Gasteiger partial charge < -0.3 is 15.8 Å². The maximum Gasteiger partial charge on any atom is 0.407 e. The molecule has 0 fully saturated rings. The zero-order chi connectivity index (χ0) is 15.5. The quantitative estimate of drug-likeness (QED) is 0.711. The predicted molar refractivity (Wildman–Crippen MR) is 77.2 cm³/mol. The highest BCUT2D eigenvalue weighted by molar-refractivity contribution is 5.74. The standard InChI is InChI=1S/C15H19N2O4/c16-14(19)8-4-7-13(11-18)17-15(20)21-10-9-12-5-2-1-3-6-12/h1-3,5-6,13H,4,7-10H2,(H2,16,19)(H,17,20). The van der Waals surface area contributed by atoms with Gasteiger partial charge in [0.1, 0.15) is 0 Å². The SMILES string of the molecule is NC(=O)CCCC([C]=O)NC(=O)OCCc1ccccc1. The van der Waals surface area contributed by atoms with Crippen molar-refractivity contribution < 1.29 is 19.1 Å². The summed E-state index contributed by atoms with van der Waals surface area (Å²) in [7, 11) is 0. The lowest BCUT2D eigenvalue weighted by atomic mass is 10.1. The van der Waals surface area contributed by atoms with Crippen molar-refractivity contribution in [3.63, 3.8) is 0 Å². The van der Waals surface area contributed by atoms with E-state index in [1.54, 1.807) is 6.29 Å². The maximum absolute atomic E-state index is 11.5. The summed E-state index contributed by atoms with van der Waals surface area (Å²) in [6.45, 7) is 0.225. The van der Waals surface area contributed by atoms with Crippen LogP contribution in [-0.4, -0.2) is 30.9 Å². The van der Waals surface area contributed by atoms with Crippen LogP contribution >= 0.6 is 0 Å². The minimum atomic E-state index is -0.784. The monoisotopic (exact) mass is 291 g/mol. The molecule has 0 aliphatic heterocycles. The van der Waals surface area contributed by atoms with Gasteiger partial charge >= 0.3 is 6.09 Å². The van der Waals surface area contributed by atoms with Gasteiger partial charge in [-0.3, -0.25) is 9.59 Å². The Hall–Kier alpha value is -2.37. The van der Waals surface area contributed by atoms with Crippen molar-refractivity contribution in [2.45, 2.75) is 31.7 Å². The molecule has 0 aromatic heterocycles. The van der Waals surface area contributed by atoms with Crippen molar-refractivity contribution in [2.24, 2.45) is 5.73 Å². The first-order valence-corrected chi connectivity index (χ1v) is 6.75. The van der Waals surface area contributed by atoms with Gasteiger partial charge in [-0.25, -0.2) is 4.79 Å². The first-order chi connectivity index (χ1) is 10.1. The van der Waals surface area contributed by atoms with Gasteiger partial charge in [0.25, 0.3) is 0 Å². The fourth-order valence-electron chi connectivity index (χ4n) is 1.73. The lowest BCUT2D eigenvalue weighted by Crippen LogP contribution is -2.36. The molecule has 1 aromatic rings. The number of hydrogen-bond donors (Lipinski definition) is 2. The molecule has 1 unspecified atom stereocenters. The summed E-state index contributed by atoms with van der Waals surface area (Å²) in [5.74, 6) is -0.440. The van der Waals surface area contributed by atoms with E-state index in [0.717, 1.165) is 5.56 Å². The molecular weight excluding hydrogens is 272 g/mol. The lowest BCUT2D eigenvalue weighted by Gasteiger charge is -2.12. The normalized spacial score (nSPS) is 11.4. The van der Waals surface area contributed by atoms with Crippen LogP contribution in [0.15, 0.2) is 30.3 Å². The van der Waals surface area contributed by atoms with Crippen molar-refractivity contribution in [3.05, 3.63) is 35.9 Å². The van der Waals surface area contributed by atoms with Gasteiger partial charge in [-0.15, -0.1) is 0 Å². The van der Waals surface area contributed by atoms with E-state index in [9.17, 15) is 14.4 Å². The van der Waals surface area contributed by atoms with E-state index in [4.69, 9.17) is 10.5 Å². The van der Waals surface area contributed by atoms with Crippen molar-refractivity contribution in [1.29, 1.82) is 0 Å². The molecule has 1 atom stereocenters. The van der Waals surface area contributed by atoms with Gasteiger partial charge in [-0.05, 0) is 18.4 Å². The zero-order valence-corrected chi connectivity index (χ0v) is 11.7. The van der Waals surface area contributed by atoms with E-state index in [1.165, 1.54) is 0 Å². The number of ether oxygens (including phenoxy) is 1. The minimum Gasteiger partial charge on any atom is -0.449 e. The van der Waals surface area contributed by atoms with E-state index in [1.807, 2.05) is 30.3 Å². The number of amides is 2. The van der Waals surface area contributed by atoms with Crippen molar-refractivity contribution in [2.75, 3.05) is 6.61 Å². The fraction of sp³-hybridized carbons (Fsp3) is 0.400. The molecule has 6 heteroatoms. The molecule has 113 valence electrons. The van der Waals surface area contributed by atoms with Crippen molar-refractivity contribution in [1.82, 2.24) is 5.32 Å². The molecule has 1 radical (unpaired) electrons. The second-order valence-corrected chi connectivity index (χ2v) is 4.54. The third kappa shape index (κ3) is 7.71. The lowest BCUT2D eigenvalue weighted by molar-refractivity contribution is -0.118. The third-order valence-corrected chi connectivity index (χ3v) is 2.82. The first-order valence-electron chi connectivity index (χ1n) is 6.75. The Bertz CT molecular complexity index is 462. The summed E-state index contributed by atoms with van der Waals surface area (Å²) in [6.07, 6.45) is 2.53. The van der Waals surface area contributed by atoms with Crippen LogP contribution in [0.2, 0.25) is 0 Å². The molecule has 0 aliphatic carbocycles. The number of alkyl carbamates (subject to hydrolysis) is 1. The van der Waals surface area contributed by atoms with Gasteiger partial charge in [-0.2, -0.15) is 0 Å². The Balaban J connectivity index is 2.21. The highest BCUT2D eigenvalue weighted by Gasteiger charge is 2.13. The molecule has 6 nitrogen and oxygen atoms in total. The molecule has 1 aromatic carbocycles. The second kappa shape index (κ2) is 9.52. The summed E-state index contributed by atoms with van der Waals surface area (Å²) >= 11 is 0. The van der Waals surface area contributed by atoms with Crippen LogP contribution in [0.1, 0.15) is 24.8 Å². The molecule has 0 spiro atoms. The second-order valence-electron chi connectivity index (χ2n) is 4.54. The van der Waals surface area contributed by atoms with Crippen LogP contribution < -0.4 is 11.1 Å². The predicted octanol–water partition coefficient (Wildman–Crippen LogP) is 1.09. The molecule has 0 saturated carbocycles. The molecule has 0 saturated heterocycles. The Labute approximate surface area is 123 Å². The largest absolute Gasteiger partial charge is 0.449 e. The molecule has 0 aliphatic rings. The van der Waals surface area contributed by atoms with Crippen LogP contribution in [0.3, 0.4) is 0 Å². The molecule has 0 heterocycles. The first kappa shape index (κ1) is 16.7. The van der Waals surface area contributed by atoms with E-state index in [2.05, 4.69) is 5.32 Å². The molecule has 21 heavy (non-hydrogen) atoms. The number of nitrogens with one attached hydrogen (secondary N) is 1. The van der Waals surface area contributed by atoms with Crippen LogP contribution in [0.4, 0.5) is 4.79 Å². The smallest absolute Gasteiger partial charge is 0.407 e. The van der Waals surface area contributed by atoms with Gasteiger partial charge in [0.2, 0.25) is 12.2 Å². The number of benzene rings is 1. The molecule has 1 rings (SSSR count). The number of hydrogen-bond acceptors (Lipinski definition) is 4. The summed E-state index contributed by atoms with van der Waals surface area (Å²) < 4.78 is 4.99. The highest BCUT2D eigenvalue weighted by Crippen LogP contribution is 2.01. The summed E-state index contributed by atoms with van der Waals surface area (Å²) in [4.78, 5) is 32.8. The van der Waals surface area contributed by atoms with Crippen LogP contribution in [0.5, 0.6) is 0 Å². The fourth-order valence-corrected chi connectivity index (χ4v) is 1.73. The third-order valence-electron chi connectivity index (χ3n) is 2.82. The van der Waals surface area contributed by atoms with E-state index in [-0.39, 0.29) is 13.0 Å². The van der Waals surface area contributed by atoms with Crippen LogP contribution in [0.25, 0.3) is 0 Å².